The van der Waals surface area contributed by atoms with Crippen molar-refractivity contribution in [1.82, 2.24) is 0 Å². The Balaban J connectivity index is 1.99. The van der Waals surface area contributed by atoms with Gasteiger partial charge in [0.25, 0.3) is 0 Å². The number of halogens is 1. The van der Waals surface area contributed by atoms with Crippen LogP contribution in [0.15, 0.2) is 46.9 Å². The monoisotopic (exact) mass is 359 g/mol. The molecule has 1 aromatic heterocycles. The minimum absolute atomic E-state index is 0.305. The number of hydrogen-bond acceptors (Lipinski definition) is 2. The SMILES string of the molecule is Cc1cc(C(C)Nc2ccc(Br)c3ccccc23)c(C)s1. The fourth-order valence-electron chi connectivity index (χ4n) is 2.78. The lowest BCUT2D eigenvalue weighted by molar-refractivity contribution is 0.884. The second-order valence-corrected chi connectivity index (χ2v) is 7.69. The van der Waals surface area contributed by atoms with E-state index in [0.717, 1.165) is 4.47 Å². The van der Waals surface area contributed by atoms with Crippen molar-refractivity contribution >= 4 is 43.7 Å². The molecule has 2 aromatic carbocycles. The number of hydrogen-bond donors (Lipinski definition) is 1. The van der Waals surface area contributed by atoms with Crippen molar-refractivity contribution in [2.45, 2.75) is 26.8 Å². The zero-order valence-electron chi connectivity index (χ0n) is 12.4. The third-order valence-electron chi connectivity index (χ3n) is 3.79. The van der Waals surface area contributed by atoms with Crippen LogP contribution in [-0.4, -0.2) is 0 Å². The molecule has 1 heterocycles. The molecule has 3 heteroatoms. The van der Waals surface area contributed by atoms with Crippen molar-refractivity contribution in [3.8, 4) is 0 Å². The first-order chi connectivity index (χ1) is 10.1. The van der Waals surface area contributed by atoms with Gasteiger partial charge in [0.1, 0.15) is 0 Å². The van der Waals surface area contributed by atoms with Crippen LogP contribution in [0.1, 0.15) is 28.3 Å². The number of nitrogens with one attached hydrogen (secondary N) is 1. The third-order valence-corrected chi connectivity index (χ3v) is 5.46. The van der Waals surface area contributed by atoms with Gasteiger partial charge in [0.2, 0.25) is 0 Å². The molecular weight excluding hydrogens is 342 g/mol. The zero-order valence-corrected chi connectivity index (χ0v) is 14.8. The summed E-state index contributed by atoms with van der Waals surface area (Å²) in [5.74, 6) is 0. The molecule has 0 saturated carbocycles. The first kappa shape index (κ1) is 14.6. The van der Waals surface area contributed by atoms with E-state index in [4.69, 9.17) is 0 Å². The van der Waals surface area contributed by atoms with Crippen LogP contribution in [0.3, 0.4) is 0 Å². The van der Waals surface area contributed by atoms with Crippen LogP contribution in [0, 0.1) is 13.8 Å². The smallest absolute Gasteiger partial charge is 0.0496 e. The van der Waals surface area contributed by atoms with Crippen LogP contribution in [-0.2, 0) is 0 Å². The van der Waals surface area contributed by atoms with Gasteiger partial charge in [0.15, 0.2) is 0 Å². The van der Waals surface area contributed by atoms with Crippen molar-refractivity contribution in [3.63, 3.8) is 0 Å². The Morgan fingerprint density at radius 2 is 1.76 bits per heavy atom. The number of aryl methyl sites for hydroxylation is 2. The van der Waals surface area contributed by atoms with Crippen molar-refractivity contribution < 1.29 is 0 Å². The maximum atomic E-state index is 3.67. The van der Waals surface area contributed by atoms with Crippen molar-refractivity contribution in [1.29, 1.82) is 0 Å². The predicted molar refractivity (Wildman–Crippen MR) is 97.5 cm³/mol. The van der Waals surface area contributed by atoms with E-state index < -0.39 is 0 Å². The highest BCUT2D eigenvalue weighted by Crippen LogP contribution is 2.33. The van der Waals surface area contributed by atoms with E-state index in [2.05, 4.69) is 84.5 Å². The van der Waals surface area contributed by atoms with Gasteiger partial charge in [-0.2, -0.15) is 0 Å². The molecule has 0 aliphatic rings. The van der Waals surface area contributed by atoms with Gasteiger partial charge in [-0.3, -0.25) is 0 Å². The summed E-state index contributed by atoms with van der Waals surface area (Å²) in [6, 6.07) is 15.3. The maximum absolute atomic E-state index is 3.67. The molecule has 0 spiro atoms. The van der Waals surface area contributed by atoms with E-state index in [1.807, 2.05) is 11.3 Å². The fourth-order valence-corrected chi connectivity index (χ4v) is 4.28. The summed E-state index contributed by atoms with van der Waals surface area (Å²) in [7, 11) is 0. The molecule has 1 N–H and O–H groups in total. The molecule has 0 aliphatic carbocycles. The Labute approximate surface area is 138 Å². The minimum Gasteiger partial charge on any atom is -0.378 e. The first-order valence-electron chi connectivity index (χ1n) is 7.07. The molecular formula is C18H18BrNS. The molecule has 3 aromatic rings. The highest BCUT2D eigenvalue weighted by atomic mass is 79.9. The summed E-state index contributed by atoms with van der Waals surface area (Å²) >= 11 is 5.50. The molecule has 0 aliphatic heterocycles. The zero-order chi connectivity index (χ0) is 15.0. The largest absolute Gasteiger partial charge is 0.378 e. The van der Waals surface area contributed by atoms with Crippen molar-refractivity contribution in [2.75, 3.05) is 5.32 Å². The van der Waals surface area contributed by atoms with Gasteiger partial charge in [-0.1, -0.05) is 40.2 Å². The van der Waals surface area contributed by atoms with Crippen molar-refractivity contribution in [2.24, 2.45) is 0 Å². The molecule has 1 atom stereocenters. The molecule has 0 radical (unpaired) electrons. The first-order valence-corrected chi connectivity index (χ1v) is 8.68. The highest BCUT2D eigenvalue weighted by Gasteiger charge is 2.12. The lowest BCUT2D eigenvalue weighted by atomic mass is 10.1. The molecule has 0 bridgehead atoms. The topological polar surface area (TPSA) is 12.0 Å². The van der Waals surface area contributed by atoms with Crippen LogP contribution in [0.25, 0.3) is 10.8 Å². The fraction of sp³-hybridized carbons (Fsp3) is 0.222. The van der Waals surface area contributed by atoms with Gasteiger partial charge in [-0.25, -0.2) is 0 Å². The molecule has 3 rings (SSSR count). The van der Waals surface area contributed by atoms with E-state index in [1.165, 1.54) is 31.8 Å². The van der Waals surface area contributed by atoms with Crippen LogP contribution in [0.2, 0.25) is 0 Å². The second-order valence-electron chi connectivity index (χ2n) is 5.38. The van der Waals surface area contributed by atoms with Crippen LogP contribution in [0.4, 0.5) is 5.69 Å². The lowest BCUT2D eigenvalue weighted by Crippen LogP contribution is -2.07. The Bertz CT molecular complexity index is 791. The summed E-state index contributed by atoms with van der Waals surface area (Å²) in [4.78, 5) is 2.77. The number of fused-ring (bicyclic) bond motifs is 1. The Kier molecular flexibility index (Phi) is 4.05. The Morgan fingerprint density at radius 1 is 1.05 bits per heavy atom. The summed E-state index contributed by atoms with van der Waals surface area (Å²) in [5.41, 5.74) is 2.58. The second kappa shape index (κ2) is 5.82. The van der Waals surface area contributed by atoms with Gasteiger partial charge in [-0.15, -0.1) is 11.3 Å². The van der Waals surface area contributed by atoms with E-state index >= 15 is 0 Å². The van der Waals surface area contributed by atoms with E-state index in [9.17, 15) is 0 Å². The Morgan fingerprint density at radius 3 is 2.43 bits per heavy atom. The molecule has 0 amide bonds. The highest BCUT2D eigenvalue weighted by molar-refractivity contribution is 9.10. The third kappa shape index (κ3) is 2.85. The van der Waals surface area contributed by atoms with Gasteiger partial charge in [-0.05, 0) is 49.9 Å². The molecule has 1 unspecified atom stereocenters. The van der Waals surface area contributed by atoms with Crippen LogP contribution in [0.5, 0.6) is 0 Å². The van der Waals surface area contributed by atoms with Crippen LogP contribution < -0.4 is 5.32 Å². The molecule has 21 heavy (non-hydrogen) atoms. The number of benzene rings is 2. The minimum atomic E-state index is 0.305. The van der Waals surface area contributed by atoms with Crippen molar-refractivity contribution in [3.05, 3.63) is 62.3 Å². The predicted octanol–water partition coefficient (Wildman–Crippen LogP) is 6.45. The van der Waals surface area contributed by atoms with Gasteiger partial charge < -0.3 is 5.32 Å². The lowest BCUT2D eigenvalue weighted by Gasteiger charge is -2.17. The molecule has 0 fully saturated rings. The Hall–Kier alpha value is -1.32. The average molecular weight is 360 g/mol. The summed E-state index contributed by atoms with van der Waals surface area (Å²) < 4.78 is 1.14. The normalized spacial score (nSPS) is 12.6. The van der Waals surface area contributed by atoms with E-state index in [-0.39, 0.29) is 0 Å². The van der Waals surface area contributed by atoms with Gasteiger partial charge in [0.05, 0.1) is 0 Å². The number of rotatable bonds is 3. The molecule has 108 valence electrons. The molecule has 0 saturated heterocycles. The quantitative estimate of drug-likeness (QED) is 0.566. The number of thiophene rings is 1. The number of anilines is 1. The summed E-state index contributed by atoms with van der Waals surface area (Å²) in [6.07, 6.45) is 0. The van der Waals surface area contributed by atoms with Crippen LogP contribution >= 0.6 is 27.3 Å². The standard InChI is InChI=1S/C18H18BrNS/c1-11-10-16(13(3)21-11)12(2)20-18-9-8-17(19)14-6-4-5-7-15(14)18/h4-10,12,20H,1-3H3. The maximum Gasteiger partial charge on any atom is 0.0496 e. The van der Waals surface area contributed by atoms with Gasteiger partial charge >= 0.3 is 0 Å². The van der Waals surface area contributed by atoms with E-state index in [0.29, 0.717) is 6.04 Å². The van der Waals surface area contributed by atoms with E-state index in [1.54, 1.807) is 0 Å². The van der Waals surface area contributed by atoms with Gasteiger partial charge in [0, 0.05) is 31.3 Å². The summed E-state index contributed by atoms with van der Waals surface area (Å²) in [5, 5.41) is 6.16. The molecule has 1 nitrogen and oxygen atoms in total. The average Bonchev–Trinajstić information content (AvgIpc) is 2.81. The summed E-state index contributed by atoms with van der Waals surface area (Å²) in [6.45, 7) is 6.60.